The zero-order valence-electron chi connectivity index (χ0n) is 11.9. The van der Waals surface area contributed by atoms with Gasteiger partial charge in [0.1, 0.15) is 0 Å². The number of nitrogens with one attached hydrogen (secondary N) is 1. The molecule has 3 rings (SSSR count). The Labute approximate surface area is 121 Å². The van der Waals surface area contributed by atoms with Crippen LogP contribution in [0.1, 0.15) is 18.0 Å². The van der Waals surface area contributed by atoms with Crippen LogP contribution in [0.5, 0.6) is 0 Å². The first kappa shape index (κ1) is 14.0. The van der Waals surface area contributed by atoms with Gasteiger partial charge < -0.3 is 9.47 Å². The predicted molar refractivity (Wildman–Crippen MR) is 77.2 cm³/mol. The van der Waals surface area contributed by atoms with Gasteiger partial charge in [0, 0.05) is 17.7 Å². The van der Waals surface area contributed by atoms with Crippen LogP contribution in [0, 0.1) is 12.8 Å². The van der Waals surface area contributed by atoms with Gasteiger partial charge in [-0.25, -0.2) is 4.79 Å². The average Bonchev–Trinajstić information content (AvgIpc) is 3.01. The van der Waals surface area contributed by atoms with Gasteiger partial charge in [-0.05, 0) is 18.9 Å². The molecule has 6 heteroatoms. The summed E-state index contributed by atoms with van der Waals surface area (Å²) in [5, 5.41) is 0. The molecule has 0 saturated carbocycles. The van der Waals surface area contributed by atoms with Crippen molar-refractivity contribution in [3.63, 3.8) is 0 Å². The number of nitrogens with zero attached hydrogens (tertiary/aromatic N) is 1. The Hall–Kier alpha value is -1.92. The second-order valence-electron chi connectivity index (χ2n) is 5.43. The highest BCUT2D eigenvalue weighted by Crippen LogP contribution is 2.40. The van der Waals surface area contributed by atoms with Crippen LogP contribution in [0.25, 0.3) is 0 Å². The van der Waals surface area contributed by atoms with Crippen LogP contribution in [0.2, 0.25) is 0 Å². The molecule has 1 aliphatic carbocycles. The SMILES string of the molecule is C=CCO[C@@H]1OC[C@H]2C[C@@H](n3cc(C)c(=O)[nH]c3=O)C=C21. The van der Waals surface area contributed by atoms with E-state index in [-0.39, 0.29) is 29.5 Å². The number of fused-ring (bicyclic) bond motifs is 1. The van der Waals surface area contributed by atoms with Gasteiger partial charge in [0.15, 0.2) is 6.29 Å². The van der Waals surface area contributed by atoms with Crippen molar-refractivity contribution in [1.29, 1.82) is 0 Å². The normalized spacial score (nSPS) is 27.5. The molecule has 1 aliphatic heterocycles. The molecule has 1 aromatic heterocycles. The largest absolute Gasteiger partial charge is 0.348 e. The molecule has 3 atom stereocenters. The summed E-state index contributed by atoms with van der Waals surface area (Å²) in [6.45, 7) is 6.34. The second kappa shape index (κ2) is 5.46. The Morgan fingerprint density at radius 3 is 3.14 bits per heavy atom. The van der Waals surface area contributed by atoms with Crippen LogP contribution in [-0.4, -0.2) is 29.1 Å². The maximum atomic E-state index is 12.0. The first-order valence-corrected chi connectivity index (χ1v) is 6.98. The summed E-state index contributed by atoms with van der Waals surface area (Å²) in [6.07, 6.45) is 5.75. The molecule has 112 valence electrons. The fourth-order valence-electron chi connectivity index (χ4n) is 2.92. The molecule has 1 N–H and O–H groups in total. The molecular weight excluding hydrogens is 272 g/mol. The third kappa shape index (κ3) is 2.52. The Morgan fingerprint density at radius 1 is 1.57 bits per heavy atom. The molecule has 1 saturated heterocycles. The van der Waals surface area contributed by atoms with Crippen molar-refractivity contribution < 1.29 is 9.47 Å². The summed E-state index contributed by atoms with van der Waals surface area (Å²) < 4.78 is 12.7. The van der Waals surface area contributed by atoms with Crippen molar-refractivity contribution in [2.45, 2.75) is 25.7 Å². The topological polar surface area (TPSA) is 73.3 Å². The smallest absolute Gasteiger partial charge is 0.328 e. The van der Waals surface area contributed by atoms with Crippen LogP contribution >= 0.6 is 0 Å². The zero-order chi connectivity index (χ0) is 15.0. The van der Waals surface area contributed by atoms with E-state index in [0.29, 0.717) is 18.8 Å². The van der Waals surface area contributed by atoms with Crippen molar-refractivity contribution >= 4 is 0 Å². The molecule has 0 radical (unpaired) electrons. The van der Waals surface area contributed by atoms with Gasteiger partial charge in [-0.1, -0.05) is 12.2 Å². The number of aromatic nitrogens is 2. The third-order valence-corrected chi connectivity index (χ3v) is 3.97. The fourth-order valence-corrected chi connectivity index (χ4v) is 2.92. The molecule has 0 bridgehead atoms. The lowest BCUT2D eigenvalue weighted by molar-refractivity contribution is -0.0847. The Bertz CT molecular complexity index is 700. The van der Waals surface area contributed by atoms with E-state index in [1.54, 1.807) is 23.8 Å². The highest BCUT2D eigenvalue weighted by Gasteiger charge is 2.38. The molecule has 0 amide bonds. The highest BCUT2D eigenvalue weighted by atomic mass is 16.7. The summed E-state index contributed by atoms with van der Waals surface area (Å²) in [7, 11) is 0. The molecule has 1 fully saturated rings. The standard InChI is InChI=1S/C15H18N2O4/c1-3-4-20-14-12-6-11(5-10(12)8-21-14)17-7-9(2)13(18)16-15(17)19/h3,6-7,10-11,14H,1,4-5,8H2,2H3,(H,16,18,19)/t10-,11-,14-/m1/s1. The first-order valence-electron chi connectivity index (χ1n) is 6.98. The van der Waals surface area contributed by atoms with Gasteiger partial charge in [-0.3, -0.25) is 14.3 Å². The molecule has 0 aromatic carbocycles. The number of hydrogen-bond donors (Lipinski definition) is 1. The predicted octanol–water partition coefficient (Wildman–Crippen LogP) is 0.891. The molecule has 0 spiro atoms. The Morgan fingerprint density at radius 2 is 2.38 bits per heavy atom. The first-order chi connectivity index (χ1) is 10.1. The van der Waals surface area contributed by atoms with Crippen LogP contribution < -0.4 is 11.2 Å². The van der Waals surface area contributed by atoms with Crippen molar-refractivity contribution in [2.75, 3.05) is 13.2 Å². The lowest BCUT2D eigenvalue weighted by atomic mass is 10.0. The quantitative estimate of drug-likeness (QED) is 0.836. The van der Waals surface area contributed by atoms with Gasteiger partial charge in [-0.15, -0.1) is 6.58 Å². The van der Waals surface area contributed by atoms with E-state index in [1.807, 2.05) is 6.08 Å². The van der Waals surface area contributed by atoms with Crippen LogP contribution in [0.4, 0.5) is 0 Å². The average molecular weight is 290 g/mol. The van der Waals surface area contributed by atoms with E-state index >= 15 is 0 Å². The molecule has 21 heavy (non-hydrogen) atoms. The van der Waals surface area contributed by atoms with Crippen molar-refractivity contribution in [3.8, 4) is 0 Å². The van der Waals surface area contributed by atoms with E-state index in [0.717, 1.165) is 12.0 Å². The summed E-state index contributed by atoms with van der Waals surface area (Å²) >= 11 is 0. The number of allylic oxidation sites excluding steroid dienone is 1. The van der Waals surface area contributed by atoms with Crippen molar-refractivity contribution in [2.24, 2.45) is 5.92 Å². The molecule has 6 nitrogen and oxygen atoms in total. The number of ether oxygens (including phenoxy) is 2. The van der Waals surface area contributed by atoms with Gasteiger partial charge in [0.25, 0.3) is 5.56 Å². The van der Waals surface area contributed by atoms with Gasteiger partial charge in [0.05, 0.1) is 19.3 Å². The third-order valence-electron chi connectivity index (χ3n) is 3.97. The maximum absolute atomic E-state index is 12.0. The van der Waals surface area contributed by atoms with E-state index in [9.17, 15) is 9.59 Å². The molecule has 2 heterocycles. The number of H-pyrrole nitrogens is 1. The van der Waals surface area contributed by atoms with E-state index in [4.69, 9.17) is 9.47 Å². The van der Waals surface area contributed by atoms with Crippen molar-refractivity contribution in [1.82, 2.24) is 9.55 Å². The molecule has 1 aromatic rings. The minimum absolute atomic E-state index is 0.0632. The Kier molecular flexibility index (Phi) is 3.65. The van der Waals surface area contributed by atoms with Gasteiger partial charge >= 0.3 is 5.69 Å². The molecule has 0 unspecified atom stereocenters. The van der Waals surface area contributed by atoms with Crippen molar-refractivity contribution in [3.05, 3.63) is 56.9 Å². The minimum atomic E-state index is -0.378. The minimum Gasteiger partial charge on any atom is -0.348 e. The molecule has 2 aliphatic rings. The highest BCUT2D eigenvalue weighted by molar-refractivity contribution is 5.23. The number of aryl methyl sites for hydroxylation is 1. The van der Waals surface area contributed by atoms with Gasteiger partial charge in [0.2, 0.25) is 0 Å². The lowest BCUT2D eigenvalue weighted by Crippen LogP contribution is -2.32. The number of aromatic amines is 1. The summed E-state index contributed by atoms with van der Waals surface area (Å²) in [5.74, 6) is 0.268. The van der Waals surface area contributed by atoms with Crippen LogP contribution in [-0.2, 0) is 9.47 Å². The number of rotatable bonds is 4. The van der Waals surface area contributed by atoms with Crippen LogP contribution in [0.3, 0.4) is 0 Å². The van der Waals surface area contributed by atoms with Crippen LogP contribution in [0.15, 0.2) is 40.1 Å². The lowest BCUT2D eigenvalue weighted by Gasteiger charge is -2.14. The maximum Gasteiger partial charge on any atom is 0.328 e. The molecular formula is C15H18N2O4. The fraction of sp³-hybridized carbons (Fsp3) is 0.467. The van der Waals surface area contributed by atoms with E-state index < -0.39 is 0 Å². The summed E-state index contributed by atoms with van der Waals surface area (Å²) in [5.41, 5.74) is 0.896. The monoisotopic (exact) mass is 290 g/mol. The van der Waals surface area contributed by atoms with E-state index in [2.05, 4.69) is 11.6 Å². The zero-order valence-corrected chi connectivity index (χ0v) is 11.9. The Balaban J connectivity index is 1.88. The second-order valence-corrected chi connectivity index (χ2v) is 5.43. The summed E-state index contributed by atoms with van der Waals surface area (Å²) in [4.78, 5) is 25.7. The summed E-state index contributed by atoms with van der Waals surface area (Å²) in [6, 6.07) is -0.0632. The van der Waals surface area contributed by atoms with Gasteiger partial charge in [-0.2, -0.15) is 0 Å². The van der Waals surface area contributed by atoms with E-state index in [1.165, 1.54) is 0 Å². The number of hydrogen-bond acceptors (Lipinski definition) is 4.